The summed E-state index contributed by atoms with van der Waals surface area (Å²) in [5.74, 6) is -1.17. The number of hydrogen-bond donors (Lipinski definition) is 0. The summed E-state index contributed by atoms with van der Waals surface area (Å²) in [5, 5.41) is -0.260. The van der Waals surface area contributed by atoms with Gasteiger partial charge < -0.3 is 9.47 Å². The van der Waals surface area contributed by atoms with Gasteiger partial charge in [0.2, 0.25) is 0 Å². The average Bonchev–Trinajstić information content (AvgIpc) is 2.49. The molecule has 0 amide bonds. The lowest BCUT2D eigenvalue weighted by Crippen LogP contribution is -2.06. The first-order chi connectivity index (χ1) is 10.0. The summed E-state index contributed by atoms with van der Waals surface area (Å²) in [4.78, 5) is 15.6. The predicted octanol–water partition coefficient (Wildman–Crippen LogP) is 3.99. The van der Waals surface area contributed by atoms with Crippen LogP contribution >= 0.6 is 23.2 Å². The van der Waals surface area contributed by atoms with Gasteiger partial charge in [-0.3, -0.25) is 0 Å². The van der Waals surface area contributed by atoms with Crippen molar-refractivity contribution in [2.75, 3.05) is 14.2 Å². The van der Waals surface area contributed by atoms with Gasteiger partial charge in [0.05, 0.1) is 24.8 Å². The molecule has 0 N–H and O–H groups in total. The molecule has 7 heteroatoms. The molecular weight excluding hydrogens is 320 g/mol. The van der Waals surface area contributed by atoms with Crippen molar-refractivity contribution >= 4 is 29.2 Å². The standard InChI is InChI=1S/C14H10Cl2FNO3/c1-20-9-4-3-7(10(11(9)15)14(19)21-2)8-5-6-18-13(16)12(8)17/h3-6H,1-2H3. The Labute approximate surface area is 130 Å². The number of methoxy groups -OCH3 is 2. The molecule has 0 aliphatic carbocycles. The van der Waals surface area contributed by atoms with E-state index in [4.69, 9.17) is 32.7 Å². The van der Waals surface area contributed by atoms with Crippen molar-refractivity contribution in [2.24, 2.45) is 0 Å². The van der Waals surface area contributed by atoms with E-state index in [9.17, 15) is 9.18 Å². The number of benzene rings is 1. The SMILES string of the molecule is COC(=O)c1c(-c2ccnc(Cl)c2F)ccc(OC)c1Cl. The first kappa shape index (κ1) is 15.5. The maximum atomic E-state index is 14.1. The van der Waals surface area contributed by atoms with Crippen molar-refractivity contribution in [3.63, 3.8) is 0 Å². The van der Waals surface area contributed by atoms with Crippen LogP contribution in [0.25, 0.3) is 11.1 Å². The zero-order valence-electron chi connectivity index (χ0n) is 11.1. The molecule has 0 fully saturated rings. The van der Waals surface area contributed by atoms with Crippen molar-refractivity contribution in [1.82, 2.24) is 4.98 Å². The van der Waals surface area contributed by atoms with Gasteiger partial charge in [0, 0.05) is 17.3 Å². The molecule has 0 atom stereocenters. The maximum absolute atomic E-state index is 14.1. The number of hydrogen-bond acceptors (Lipinski definition) is 4. The van der Waals surface area contributed by atoms with Crippen LogP contribution in [0.4, 0.5) is 4.39 Å². The van der Waals surface area contributed by atoms with E-state index < -0.39 is 11.8 Å². The van der Waals surface area contributed by atoms with Crippen LogP contribution in [0.1, 0.15) is 10.4 Å². The number of aromatic nitrogens is 1. The summed E-state index contributed by atoms with van der Waals surface area (Å²) in [6, 6.07) is 4.43. The molecule has 0 bridgehead atoms. The van der Waals surface area contributed by atoms with Gasteiger partial charge in [-0.1, -0.05) is 23.2 Å². The summed E-state index contributed by atoms with van der Waals surface area (Å²) < 4.78 is 23.9. The molecule has 4 nitrogen and oxygen atoms in total. The van der Waals surface area contributed by atoms with Crippen LogP contribution in [0.15, 0.2) is 24.4 Å². The van der Waals surface area contributed by atoms with Crippen molar-refractivity contribution < 1.29 is 18.7 Å². The normalized spacial score (nSPS) is 10.3. The van der Waals surface area contributed by atoms with Crippen LogP contribution in [0.5, 0.6) is 5.75 Å². The minimum absolute atomic E-state index is 0.000293. The largest absolute Gasteiger partial charge is 0.495 e. The fourth-order valence-corrected chi connectivity index (χ4v) is 2.34. The van der Waals surface area contributed by atoms with E-state index in [1.165, 1.54) is 38.6 Å². The first-order valence-corrected chi connectivity index (χ1v) is 6.52. The third-order valence-electron chi connectivity index (χ3n) is 2.85. The van der Waals surface area contributed by atoms with Crippen LogP contribution in [0.3, 0.4) is 0 Å². The Bertz CT molecular complexity index is 707. The highest BCUT2D eigenvalue weighted by Crippen LogP contribution is 2.37. The lowest BCUT2D eigenvalue weighted by atomic mass is 9.99. The lowest BCUT2D eigenvalue weighted by Gasteiger charge is -2.13. The van der Waals surface area contributed by atoms with Crippen molar-refractivity contribution in [3.05, 3.63) is 46.0 Å². The Morgan fingerprint density at radius 3 is 2.52 bits per heavy atom. The number of halogens is 3. The monoisotopic (exact) mass is 329 g/mol. The summed E-state index contributed by atoms with van der Waals surface area (Å²) in [5.41, 5.74) is 0.342. The molecular formula is C14H10Cl2FNO3. The molecule has 1 heterocycles. The third kappa shape index (κ3) is 2.80. The Balaban J connectivity index is 2.77. The van der Waals surface area contributed by atoms with E-state index >= 15 is 0 Å². The molecule has 110 valence electrons. The van der Waals surface area contributed by atoms with Crippen molar-refractivity contribution in [1.29, 1.82) is 0 Å². The van der Waals surface area contributed by atoms with Gasteiger partial charge in [-0.15, -0.1) is 0 Å². The smallest absolute Gasteiger partial charge is 0.340 e. The quantitative estimate of drug-likeness (QED) is 0.631. The lowest BCUT2D eigenvalue weighted by molar-refractivity contribution is 0.0601. The molecule has 0 spiro atoms. The van der Waals surface area contributed by atoms with E-state index in [2.05, 4.69) is 4.98 Å². The van der Waals surface area contributed by atoms with E-state index in [1.54, 1.807) is 0 Å². The van der Waals surface area contributed by atoms with Gasteiger partial charge in [-0.05, 0) is 18.2 Å². The van der Waals surface area contributed by atoms with Gasteiger partial charge in [0.25, 0.3) is 0 Å². The second kappa shape index (κ2) is 6.28. The number of rotatable bonds is 3. The Morgan fingerprint density at radius 1 is 1.19 bits per heavy atom. The van der Waals surface area contributed by atoms with Crippen LogP contribution in [0, 0.1) is 5.82 Å². The number of pyridine rings is 1. The van der Waals surface area contributed by atoms with Gasteiger partial charge in [-0.2, -0.15) is 0 Å². The summed E-state index contributed by atoms with van der Waals surface area (Å²) in [6.45, 7) is 0. The molecule has 0 aliphatic heterocycles. The van der Waals surface area contributed by atoms with E-state index in [0.717, 1.165) is 0 Å². The Kier molecular flexibility index (Phi) is 4.65. The van der Waals surface area contributed by atoms with Crippen molar-refractivity contribution in [2.45, 2.75) is 0 Å². The van der Waals surface area contributed by atoms with Crippen LogP contribution in [-0.4, -0.2) is 25.2 Å². The number of carbonyl (C=O) groups excluding carboxylic acids is 1. The first-order valence-electron chi connectivity index (χ1n) is 5.76. The molecule has 0 aliphatic rings. The molecule has 2 aromatic rings. The highest BCUT2D eigenvalue weighted by molar-refractivity contribution is 6.36. The van der Waals surface area contributed by atoms with Crippen LogP contribution < -0.4 is 4.74 Å². The minimum atomic E-state index is -0.745. The molecule has 0 radical (unpaired) electrons. The van der Waals surface area contributed by atoms with Gasteiger partial charge in [-0.25, -0.2) is 14.2 Å². The highest BCUT2D eigenvalue weighted by atomic mass is 35.5. The zero-order chi connectivity index (χ0) is 15.6. The molecule has 2 rings (SSSR count). The second-order valence-electron chi connectivity index (χ2n) is 3.96. The van der Waals surface area contributed by atoms with Gasteiger partial charge >= 0.3 is 5.97 Å². The summed E-state index contributed by atoms with van der Waals surface area (Å²) in [6.07, 6.45) is 1.33. The molecule has 1 aromatic carbocycles. The topological polar surface area (TPSA) is 48.4 Å². The van der Waals surface area contributed by atoms with Crippen molar-refractivity contribution in [3.8, 4) is 16.9 Å². The molecule has 1 aromatic heterocycles. The Hall–Kier alpha value is -1.85. The highest BCUT2D eigenvalue weighted by Gasteiger charge is 2.23. The number of ether oxygens (including phenoxy) is 2. The Morgan fingerprint density at radius 2 is 1.90 bits per heavy atom. The average molecular weight is 330 g/mol. The molecule has 0 saturated carbocycles. The van der Waals surface area contributed by atoms with Gasteiger partial charge in [0.1, 0.15) is 5.75 Å². The molecule has 0 unspecified atom stereocenters. The fraction of sp³-hybridized carbons (Fsp3) is 0.143. The van der Waals surface area contributed by atoms with E-state index in [0.29, 0.717) is 0 Å². The minimum Gasteiger partial charge on any atom is -0.495 e. The van der Waals surface area contributed by atoms with E-state index in [1.807, 2.05) is 0 Å². The predicted molar refractivity (Wildman–Crippen MR) is 77.5 cm³/mol. The molecule has 0 saturated heterocycles. The summed E-state index contributed by atoms with van der Waals surface area (Å²) in [7, 11) is 2.61. The van der Waals surface area contributed by atoms with Gasteiger partial charge in [0.15, 0.2) is 11.0 Å². The fourth-order valence-electron chi connectivity index (χ4n) is 1.87. The summed E-state index contributed by atoms with van der Waals surface area (Å²) >= 11 is 11.8. The molecule has 21 heavy (non-hydrogen) atoms. The van der Waals surface area contributed by atoms with Crippen LogP contribution in [-0.2, 0) is 4.74 Å². The van der Waals surface area contributed by atoms with Crippen LogP contribution in [0.2, 0.25) is 10.2 Å². The number of esters is 1. The zero-order valence-corrected chi connectivity index (χ0v) is 12.6. The van der Waals surface area contributed by atoms with E-state index in [-0.39, 0.29) is 32.6 Å². The second-order valence-corrected chi connectivity index (χ2v) is 4.70. The maximum Gasteiger partial charge on any atom is 0.340 e. The number of carbonyl (C=O) groups is 1. The number of nitrogens with zero attached hydrogens (tertiary/aromatic N) is 1. The third-order valence-corrected chi connectivity index (χ3v) is 3.49.